The molecule has 1 aromatic carbocycles. The molecule has 1 aromatic rings. The van der Waals surface area contributed by atoms with Crippen LogP contribution in [-0.4, -0.2) is 30.8 Å². The third-order valence-electron chi connectivity index (χ3n) is 3.66. The van der Waals surface area contributed by atoms with Crippen molar-refractivity contribution in [1.82, 2.24) is 0 Å². The summed E-state index contributed by atoms with van der Waals surface area (Å²) in [6.45, 7) is 2.55. The quantitative estimate of drug-likeness (QED) is 0.616. The monoisotopic (exact) mass is 294 g/mol. The zero-order valence-corrected chi connectivity index (χ0v) is 12.5. The fourth-order valence-electron chi connectivity index (χ4n) is 2.60. The fourth-order valence-corrected chi connectivity index (χ4v) is 2.60. The lowest BCUT2D eigenvalue weighted by Gasteiger charge is -2.15. The van der Waals surface area contributed by atoms with Crippen LogP contribution in [0.3, 0.4) is 0 Å². The van der Waals surface area contributed by atoms with Gasteiger partial charge in [0.15, 0.2) is 0 Å². The van der Waals surface area contributed by atoms with Crippen molar-refractivity contribution in [2.24, 2.45) is 0 Å². The van der Waals surface area contributed by atoms with Gasteiger partial charge in [0.05, 0.1) is 23.7 Å². The first kappa shape index (κ1) is 15.6. The number of hydrogen-bond donors (Lipinski definition) is 1. The largest absolute Gasteiger partial charge is 0.493 e. The Hall–Kier alpha value is -1.82. The van der Waals surface area contributed by atoms with E-state index in [0.717, 1.165) is 31.4 Å². The number of anilines is 1. The number of hydrogen-bond acceptors (Lipinski definition) is 5. The summed E-state index contributed by atoms with van der Waals surface area (Å²) in [7, 11) is 1.72. The molecule has 0 spiro atoms. The van der Waals surface area contributed by atoms with Crippen LogP contribution in [-0.2, 0) is 4.74 Å². The van der Waals surface area contributed by atoms with Crippen LogP contribution in [0.25, 0.3) is 0 Å². The number of nitro groups is 1. The van der Waals surface area contributed by atoms with Crippen LogP contribution in [0, 0.1) is 10.1 Å². The van der Waals surface area contributed by atoms with Crippen molar-refractivity contribution in [3.63, 3.8) is 0 Å². The van der Waals surface area contributed by atoms with Crippen molar-refractivity contribution in [1.29, 1.82) is 0 Å². The summed E-state index contributed by atoms with van der Waals surface area (Å²) in [5.41, 5.74) is 0.782. The predicted molar refractivity (Wildman–Crippen MR) is 80.9 cm³/mol. The predicted octanol–water partition coefficient (Wildman–Crippen LogP) is 3.36. The first-order chi connectivity index (χ1) is 10.1. The van der Waals surface area contributed by atoms with Crippen molar-refractivity contribution < 1.29 is 14.4 Å². The lowest BCUT2D eigenvalue weighted by molar-refractivity contribution is -0.384. The second-order valence-corrected chi connectivity index (χ2v) is 5.33. The summed E-state index contributed by atoms with van der Waals surface area (Å²) in [6, 6.07) is 5.13. The number of methoxy groups -OCH3 is 1. The van der Waals surface area contributed by atoms with Gasteiger partial charge in [-0.15, -0.1) is 0 Å². The smallest absolute Gasteiger partial charge is 0.275 e. The summed E-state index contributed by atoms with van der Waals surface area (Å²) < 4.78 is 10.9. The Balaban J connectivity index is 2.10. The minimum absolute atomic E-state index is 0.0485. The molecular weight excluding hydrogens is 272 g/mol. The summed E-state index contributed by atoms with van der Waals surface area (Å²) >= 11 is 0. The topological polar surface area (TPSA) is 73.6 Å². The molecule has 116 valence electrons. The van der Waals surface area contributed by atoms with Crippen LogP contribution in [0.1, 0.15) is 32.6 Å². The summed E-state index contributed by atoms with van der Waals surface area (Å²) in [5, 5.41) is 14.4. The number of rotatable bonds is 7. The Kier molecular flexibility index (Phi) is 5.38. The number of nitro benzene ring substituents is 1. The molecule has 0 radical (unpaired) electrons. The first-order valence-electron chi connectivity index (χ1n) is 7.34. The SMILES string of the molecule is CCCOc1cc(NC2CCC(OC)C2)cc([N+](=O)[O-])c1. The summed E-state index contributed by atoms with van der Waals surface area (Å²) in [5.74, 6) is 0.537. The van der Waals surface area contributed by atoms with E-state index < -0.39 is 4.92 Å². The highest BCUT2D eigenvalue weighted by molar-refractivity contribution is 5.57. The van der Waals surface area contributed by atoms with E-state index in [4.69, 9.17) is 9.47 Å². The van der Waals surface area contributed by atoms with Crippen LogP contribution >= 0.6 is 0 Å². The first-order valence-corrected chi connectivity index (χ1v) is 7.34. The van der Waals surface area contributed by atoms with Crippen LogP contribution in [0.2, 0.25) is 0 Å². The number of nitrogens with zero attached hydrogens (tertiary/aromatic N) is 1. The second-order valence-electron chi connectivity index (χ2n) is 5.33. The van der Waals surface area contributed by atoms with Crippen molar-refractivity contribution in [3.05, 3.63) is 28.3 Å². The molecular formula is C15H22N2O4. The molecule has 0 bridgehead atoms. The highest BCUT2D eigenvalue weighted by Gasteiger charge is 2.24. The van der Waals surface area contributed by atoms with E-state index >= 15 is 0 Å². The third kappa shape index (κ3) is 4.32. The van der Waals surface area contributed by atoms with Crippen molar-refractivity contribution in [3.8, 4) is 5.75 Å². The van der Waals surface area contributed by atoms with Gasteiger partial charge >= 0.3 is 0 Å². The molecule has 2 atom stereocenters. The molecule has 0 aliphatic heterocycles. The van der Waals surface area contributed by atoms with Gasteiger partial charge in [-0.3, -0.25) is 10.1 Å². The van der Waals surface area contributed by atoms with Gasteiger partial charge in [-0.05, 0) is 25.7 Å². The second kappa shape index (κ2) is 7.26. The van der Waals surface area contributed by atoms with Gasteiger partial charge in [-0.2, -0.15) is 0 Å². The normalized spacial score (nSPS) is 21.2. The molecule has 0 amide bonds. The fraction of sp³-hybridized carbons (Fsp3) is 0.600. The Morgan fingerprint density at radius 2 is 2.19 bits per heavy atom. The lowest BCUT2D eigenvalue weighted by Crippen LogP contribution is -2.17. The van der Waals surface area contributed by atoms with Gasteiger partial charge in [0.2, 0.25) is 0 Å². The van der Waals surface area contributed by atoms with Crippen molar-refractivity contribution >= 4 is 11.4 Å². The van der Waals surface area contributed by atoms with Crippen LogP contribution in [0.15, 0.2) is 18.2 Å². The highest BCUT2D eigenvalue weighted by atomic mass is 16.6. The van der Waals surface area contributed by atoms with E-state index in [2.05, 4.69) is 5.32 Å². The number of nitrogens with one attached hydrogen (secondary N) is 1. The van der Waals surface area contributed by atoms with E-state index in [-0.39, 0.29) is 17.8 Å². The molecule has 1 N–H and O–H groups in total. The zero-order chi connectivity index (χ0) is 15.2. The molecule has 2 rings (SSSR count). The van der Waals surface area contributed by atoms with Gasteiger partial charge in [0.25, 0.3) is 5.69 Å². The average molecular weight is 294 g/mol. The van der Waals surface area contributed by atoms with E-state index in [1.807, 2.05) is 13.0 Å². The Bertz CT molecular complexity index is 493. The maximum atomic E-state index is 11.0. The van der Waals surface area contributed by atoms with Gasteiger partial charge in [0, 0.05) is 31.0 Å². The molecule has 1 aliphatic rings. The lowest BCUT2D eigenvalue weighted by atomic mass is 10.2. The van der Waals surface area contributed by atoms with Crippen LogP contribution < -0.4 is 10.1 Å². The Morgan fingerprint density at radius 3 is 2.81 bits per heavy atom. The van der Waals surface area contributed by atoms with Crippen LogP contribution in [0.5, 0.6) is 5.75 Å². The standard InChI is InChI=1S/C15H22N2O4/c1-3-6-21-15-9-12(7-13(10-15)17(18)19)16-11-4-5-14(8-11)20-2/h7,9-11,14,16H,3-6,8H2,1-2H3. The molecule has 0 heterocycles. The zero-order valence-electron chi connectivity index (χ0n) is 12.5. The third-order valence-corrected chi connectivity index (χ3v) is 3.66. The number of benzene rings is 1. The van der Waals surface area contributed by atoms with E-state index in [1.165, 1.54) is 6.07 Å². The van der Waals surface area contributed by atoms with Crippen molar-refractivity contribution in [2.45, 2.75) is 44.8 Å². The molecule has 1 fully saturated rings. The molecule has 1 aliphatic carbocycles. The van der Waals surface area contributed by atoms with E-state index in [9.17, 15) is 10.1 Å². The van der Waals surface area contributed by atoms with Gasteiger partial charge in [-0.1, -0.05) is 6.92 Å². The molecule has 2 unspecified atom stereocenters. The van der Waals surface area contributed by atoms with E-state index in [1.54, 1.807) is 13.2 Å². The summed E-state index contributed by atoms with van der Waals surface area (Å²) in [6.07, 6.45) is 4.08. The molecule has 0 saturated heterocycles. The van der Waals surface area contributed by atoms with Gasteiger partial charge in [0.1, 0.15) is 5.75 Å². The minimum atomic E-state index is -0.392. The number of ether oxygens (including phenoxy) is 2. The minimum Gasteiger partial charge on any atom is -0.493 e. The highest BCUT2D eigenvalue weighted by Crippen LogP contribution is 2.30. The average Bonchev–Trinajstić information content (AvgIpc) is 2.92. The summed E-state index contributed by atoms with van der Waals surface area (Å²) in [4.78, 5) is 10.6. The Labute approximate surface area is 124 Å². The molecule has 6 heteroatoms. The van der Waals surface area contributed by atoms with E-state index in [0.29, 0.717) is 12.4 Å². The Morgan fingerprint density at radius 1 is 1.38 bits per heavy atom. The molecule has 0 aromatic heterocycles. The van der Waals surface area contributed by atoms with Crippen molar-refractivity contribution in [2.75, 3.05) is 19.0 Å². The van der Waals surface area contributed by atoms with Gasteiger partial charge in [-0.25, -0.2) is 0 Å². The molecule has 6 nitrogen and oxygen atoms in total. The van der Waals surface area contributed by atoms with Gasteiger partial charge < -0.3 is 14.8 Å². The van der Waals surface area contributed by atoms with Crippen LogP contribution in [0.4, 0.5) is 11.4 Å². The maximum absolute atomic E-state index is 11.0. The molecule has 21 heavy (non-hydrogen) atoms. The molecule has 1 saturated carbocycles. The maximum Gasteiger partial charge on any atom is 0.275 e. The number of non-ortho nitro benzene ring substituents is 1.